The minimum atomic E-state index is -1.16. The number of carbonyl (C=O) groups is 2. The van der Waals surface area contributed by atoms with Crippen molar-refractivity contribution in [1.82, 2.24) is 9.78 Å². The molecule has 7 heteroatoms. The Kier molecular flexibility index (Phi) is 5.10. The third-order valence-corrected chi connectivity index (χ3v) is 4.60. The molecule has 1 aromatic heterocycles. The molecule has 2 N–H and O–H groups in total. The number of benzene rings is 1. The van der Waals surface area contributed by atoms with E-state index < -0.39 is 5.97 Å². The average molecular weight is 333 g/mol. The summed E-state index contributed by atoms with van der Waals surface area (Å²) in [4.78, 5) is 24.6. The third-order valence-electron chi connectivity index (χ3n) is 3.49. The maximum absolute atomic E-state index is 12.4. The zero-order valence-corrected chi connectivity index (χ0v) is 14.3. The van der Waals surface area contributed by atoms with Gasteiger partial charge in [-0.25, -0.2) is 4.79 Å². The van der Waals surface area contributed by atoms with Crippen LogP contribution in [0, 0.1) is 13.8 Å². The normalized spacial score (nSPS) is 12.0. The van der Waals surface area contributed by atoms with Crippen molar-refractivity contribution in [3.8, 4) is 0 Å². The van der Waals surface area contributed by atoms with Crippen LogP contribution in [0.2, 0.25) is 0 Å². The largest absolute Gasteiger partial charge is 0.476 e. The monoisotopic (exact) mass is 333 g/mol. The lowest BCUT2D eigenvalue weighted by molar-refractivity contribution is -0.115. The number of aromatic nitrogens is 2. The van der Waals surface area contributed by atoms with E-state index >= 15 is 0 Å². The van der Waals surface area contributed by atoms with Crippen LogP contribution in [-0.2, 0) is 11.8 Å². The molecule has 1 amide bonds. The van der Waals surface area contributed by atoms with Crippen LogP contribution < -0.4 is 5.32 Å². The number of carboxylic acid groups (broad SMARTS) is 1. The van der Waals surface area contributed by atoms with Gasteiger partial charge >= 0.3 is 5.97 Å². The molecule has 0 bridgehead atoms. The first-order valence-electron chi connectivity index (χ1n) is 7.10. The van der Waals surface area contributed by atoms with Crippen molar-refractivity contribution < 1.29 is 14.7 Å². The number of hydrogen-bond donors (Lipinski definition) is 2. The van der Waals surface area contributed by atoms with Crippen LogP contribution in [0.1, 0.15) is 28.7 Å². The van der Waals surface area contributed by atoms with Gasteiger partial charge in [-0.1, -0.05) is 17.7 Å². The molecule has 0 aliphatic heterocycles. The van der Waals surface area contributed by atoms with Crippen LogP contribution in [0.4, 0.5) is 5.69 Å². The van der Waals surface area contributed by atoms with Gasteiger partial charge in [-0.3, -0.25) is 9.48 Å². The number of amides is 1. The fourth-order valence-corrected chi connectivity index (χ4v) is 2.87. The van der Waals surface area contributed by atoms with Crippen LogP contribution in [0.3, 0.4) is 0 Å². The number of carbonyl (C=O) groups excluding carboxylic acids is 1. The Bertz CT molecular complexity index is 738. The summed E-state index contributed by atoms with van der Waals surface area (Å²) in [7, 11) is 1.64. The molecule has 2 aromatic rings. The minimum Gasteiger partial charge on any atom is -0.476 e. The highest BCUT2D eigenvalue weighted by Gasteiger charge is 2.23. The molecule has 6 nitrogen and oxygen atoms in total. The summed E-state index contributed by atoms with van der Waals surface area (Å²) < 4.78 is 1.44. The van der Waals surface area contributed by atoms with Crippen molar-refractivity contribution in [1.29, 1.82) is 0 Å². The second-order valence-electron chi connectivity index (χ2n) is 5.30. The van der Waals surface area contributed by atoms with Crippen LogP contribution in [0.25, 0.3) is 0 Å². The number of aromatic carboxylic acids is 1. The van der Waals surface area contributed by atoms with E-state index in [0.29, 0.717) is 5.69 Å². The molecule has 0 fully saturated rings. The molecule has 0 radical (unpaired) electrons. The average Bonchev–Trinajstić information content (AvgIpc) is 2.78. The summed E-state index contributed by atoms with van der Waals surface area (Å²) in [6.45, 7) is 5.50. The Hall–Kier alpha value is -2.28. The van der Waals surface area contributed by atoms with E-state index in [2.05, 4.69) is 10.4 Å². The molecule has 1 heterocycles. The number of anilines is 1. The molecule has 23 heavy (non-hydrogen) atoms. The number of nitrogens with zero attached hydrogens (tertiary/aromatic N) is 2. The van der Waals surface area contributed by atoms with Gasteiger partial charge in [0.05, 0.1) is 16.6 Å². The first kappa shape index (κ1) is 17.1. The van der Waals surface area contributed by atoms with Gasteiger partial charge in [0.1, 0.15) is 0 Å². The lowest BCUT2D eigenvalue weighted by Crippen LogP contribution is -2.23. The first-order valence-corrected chi connectivity index (χ1v) is 7.98. The molecule has 1 aromatic carbocycles. The molecule has 0 saturated heterocycles. The molecule has 1 atom stereocenters. The summed E-state index contributed by atoms with van der Waals surface area (Å²) in [5.74, 6) is -1.42. The van der Waals surface area contributed by atoms with Gasteiger partial charge in [0.25, 0.3) is 0 Å². The number of rotatable bonds is 5. The Balaban J connectivity index is 2.12. The minimum absolute atomic E-state index is 0.147. The molecule has 0 spiro atoms. The highest BCUT2D eigenvalue weighted by atomic mass is 32.2. The standard InChI is InChI=1S/C16H19N3O3S/c1-9-5-7-12(8-6-9)23-11(3)15(20)17-13-10(2)19(4)18-14(13)16(21)22/h5-8,11H,1-4H3,(H,17,20)(H,21,22). The molecular weight excluding hydrogens is 314 g/mol. The van der Waals surface area contributed by atoms with Crippen LogP contribution in [0.15, 0.2) is 29.2 Å². The van der Waals surface area contributed by atoms with Gasteiger partial charge in [0.2, 0.25) is 5.91 Å². The summed E-state index contributed by atoms with van der Waals surface area (Å²) in [5, 5.41) is 15.4. The fourth-order valence-electron chi connectivity index (χ4n) is 2.01. The predicted molar refractivity (Wildman–Crippen MR) is 90.0 cm³/mol. The number of thioether (sulfide) groups is 1. The zero-order valence-electron chi connectivity index (χ0n) is 13.5. The Morgan fingerprint density at radius 2 is 1.87 bits per heavy atom. The van der Waals surface area contributed by atoms with Crippen molar-refractivity contribution in [2.45, 2.75) is 30.9 Å². The summed E-state index contributed by atoms with van der Waals surface area (Å²) in [6.07, 6.45) is 0. The summed E-state index contributed by atoms with van der Waals surface area (Å²) >= 11 is 1.42. The Labute approximate surface area is 138 Å². The Morgan fingerprint density at radius 3 is 2.43 bits per heavy atom. The summed E-state index contributed by atoms with van der Waals surface area (Å²) in [5.41, 5.74) is 1.86. The smallest absolute Gasteiger partial charge is 0.358 e. The van der Waals surface area contributed by atoms with E-state index in [9.17, 15) is 14.7 Å². The number of aryl methyl sites for hydroxylation is 2. The predicted octanol–water partition coefficient (Wildman–Crippen LogP) is 2.85. The van der Waals surface area contributed by atoms with E-state index in [1.165, 1.54) is 16.4 Å². The fraction of sp³-hybridized carbons (Fsp3) is 0.312. The van der Waals surface area contributed by atoms with E-state index in [0.717, 1.165) is 10.5 Å². The van der Waals surface area contributed by atoms with Gasteiger partial charge in [-0.2, -0.15) is 5.10 Å². The van der Waals surface area contributed by atoms with E-state index in [1.54, 1.807) is 20.9 Å². The molecule has 0 aliphatic carbocycles. The second kappa shape index (κ2) is 6.87. The van der Waals surface area contributed by atoms with Crippen LogP contribution in [0.5, 0.6) is 0 Å². The molecule has 1 unspecified atom stereocenters. The van der Waals surface area contributed by atoms with E-state index in [-0.39, 0.29) is 22.5 Å². The lowest BCUT2D eigenvalue weighted by atomic mass is 10.2. The number of hydrogen-bond acceptors (Lipinski definition) is 4. The van der Waals surface area contributed by atoms with E-state index in [1.807, 2.05) is 31.2 Å². The van der Waals surface area contributed by atoms with Gasteiger partial charge in [-0.15, -0.1) is 11.8 Å². The highest BCUT2D eigenvalue weighted by molar-refractivity contribution is 8.00. The Morgan fingerprint density at radius 1 is 1.26 bits per heavy atom. The van der Waals surface area contributed by atoms with Gasteiger partial charge in [0.15, 0.2) is 5.69 Å². The molecule has 2 rings (SSSR count). The van der Waals surface area contributed by atoms with E-state index in [4.69, 9.17) is 0 Å². The zero-order chi connectivity index (χ0) is 17.1. The van der Waals surface area contributed by atoms with Gasteiger partial charge in [-0.05, 0) is 32.9 Å². The maximum atomic E-state index is 12.4. The number of carboxylic acids is 1. The SMILES string of the molecule is Cc1ccc(SC(C)C(=O)Nc2c(C(=O)O)nn(C)c2C)cc1. The van der Waals surface area contributed by atoms with Crippen molar-refractivity contribution in [3.63, 3.8) is 0 Å². The molecular formula is C16H19N3O3S. The van der Waals surface area contributed by atoms with Crippen LogP contribution in [-0.4, -0.2) is 32.0 Å². The molecule has 0 saturated carbocycles. The van der Waals surface area contributed by atoms with Gasteiger partial charge in [0, 0.05) is 11.9 Å². The third kappa shape index (κ3) is 3.92. The maximum Gasteiger partial charge on any atom is 0.358 e. The van der Waals surface area contributed by atoms with Crippen molar-refractivity contribution in [2.75, 3.05) is 5.32 Å². The number of nitrogens with one attached hydrogen (secondary N) is 1. The lowest BCUT2D eigenvalue weighted by Gasteiger charge is -2.12. The van der Waals surface area contributed by atoms with Crippen molar-refractivity contribution >= 4 is 29.3 Å². The molecule has 122 valence electrons. The second-order valence-corrected chi connectivity index (χ2v) is 6.71. The highest BCUT2D eigenvalue weighted by Crippen LogP contribution is 2.26. The van der Waals surface area contributed by atoms with Crippen LogP contribution >= 0.6 is 11.8 Å². The molecule has 0 aliphatic rings. The summed E-state index contributed by atoms with van der Waals surface area (Å²) in [6, 6.07) is 7.89. The van der Waals surface area contributed by atoms with Crippen molar-refractivity contribution in [3.05, 3.63) is 41.2 Å². The van der Waals surface area contributed by atoms with Crippen molar-refractivity contribution in [2.24, 2.45) is 7.05 Å². The van der Waals surface area contributed by atoms with Gasteiger partial charge < -0.3 is 10.4 Å². The topological polar surface area (TPSA) is 84.2 Å². The first-order chi connectivity index (χ1) is 10.8. The quantitative estimate of drug-likeness (QED) is 0.822.